The molecule has 0 aromatic heterocycles. The Morgan fingerprint density at radius 2 is 1.50 bits per heavy atom. The van der Waals surface area contributed by atoms with Crippen molar-refractivity contribution in [3.8, 4) is 0 Å². The van der Waals surface area contributed by atoms with Gasteiger partial charge >= 0.3 is 0 Å². The summed E-state index contributed by atoms with van der Waals surface area (Å²) in [7, 11) is 0. The van der Waals surface area contributed by atoms with Crippen molar-refractivity contribution >= 4 is 0 Å². The molecule has 2 rings (SSSR count). The van der Waals surface area contributed by atoms with Crippen molar-refractivity contribution in [2.24, 2.45) is 5.41 Å². The fourth-order valence-electron chi connectivity index (χ4n) is 3.33. The Hall–Kier alpha value is -0.0400. The fraction of sp³-hybridized carbons (Fsp3) is 1.00. The van der Waals surface area contributed by atoms with E-state index in [9.17, 15) is 0 Å². The van der Waals surface area contributed by atoms with Crippen LogP contribution in [-0.2, 0) is 4.74 Å². The van der Waals surface area contributed by atoms with Crippen LogP contribution in [0.2, 0.25) is 0 Å². The summed E-state index contributed by atoms with van der Waals surface area (Å²) in [6, 6.07) is 0. The first-order valence-electron chi connectivity index (χ1n) is 5.36. The van der Waals surface area contributed by atoms with Gasteiger partial charge in [-0.05, 0) is 44.9 Å². The van der Waals surface area contributed by atoms with E-state index < -0.39 is 0 Å². The molecular formula is C11H20O. The maximum absolute atomic E-state index is 5.77. The topological polar surface area (TPSA) is 9.23 Å². The normalized spacial score (nSPS) is 40.5. The van der Waals surface area contributed by atoms with Crippen LogP contribution in [0.15, 0.2) is 0 Å². The maximum atomic E-state index is 5.77. The average Bonchev–Trinajstić information content (AvgIpc) is 2.33. The van der Waals surface area contributed by atoms with Crippen molar-refractivity contribution in [1.82, 2.24) is 0 Å². The highest BCUT2D eigenvalue weighted by atomic mass is 16.5. The zero-order valence-electron chi connectivity index (χ0n) is 8.31. The predicted octanol–water partition coefficient (Wildman–Crippen LogP) is 3.13. The van der Waals surface area contributed by atoms with Crippen molar-refractivity contribution in [1.29, 1.82) is 0 Å². The third-order valence-corrected chi connectivity index (χ3v) is 3.57. The molecule has 0 aromatic rings. The van der Waals surface area contributed by atoms with E-state index in [2.05, 4.69) is 13.8 Å². The van der Waals surface area contributed by atoms with Gasteiger partial charge in [-0.2, -0.15) is 0 Å². The van der Waals surface area contributed by atoms with Gasteiger partial charge in [0, 0.05) is 0 Å². The van der Waals surface area contributed by atoms with Crippen molar-refractivity contribution < 1.29 is 4.74 Å². The Morgan fingerprint density at radius 3 is 2.00 bits per heavy atom. The molecular weight excluding hydrogens is 148 g/mol. The first kappa shape index (κ1) is 8.55. The lowest BCUT2D eigenvalue weighted by molar-refractivity contribution is -0.0852. The van der Waals surface area contributed by atoms with Crippen LogP contribution in [-0.4, -0.2) is 12.2 Å². The van der Waals surface area contributed by atoms with Crippen molar-refractivity contribution in [3.63, 3.8) is 0 Å². The van der Waals surface area contributed by atoms with E-state index in [1.807, 2.05) is 0 Å². The third-order valence-electron chi connectivity index (χ3n) is 3.57. The molecule has 2 unspecified atom stereocenters. The molecule has 2 atom stereocenters. The van der Waals surface area contributed by atoms with Crippen LogP contribution >= 0.6 is 0 Å². The van der Waals surface area contributed by atoms with Crippen molar-refractivity contribution in [3.05, 3.63) is 0 Å². The molecule has 1 heteroatoms. The van der Waals surface area contributed by atoms with Crippen molar-refractivity contribution in [2.45, 2.75) is 64.6 Å². The minimum Gasteiger partial charge on any atom is -0.376 e. The Labute approximate surface area is 75.5 Å². The van der Waals surface area contributed by atoms with Crippen molar-refractivity contribution in [2.75, 3.05) is 0 Å². The Balaban J connectivity index is 2.04. The Kier molecular flexibility index (Phi) is 2.16. The molecule has 2 fully saturated rings. The van der Waals surface area contributed by atoms with Crippen LogP contribution in [0.5, 0.6) is 0 Å². The summed E-state index contributed by atoms with van der Waals surface area (Å²) in [5.41, 5.74) is 0.692. The molecule has 70 valence electrons. The SMILES string of the molecule is CC1CC2(CCCC2)CC(C)O1. The largest absolute Gasteiger partial charge is 0.376 e. The van der Waals surface area contributed by atoms with Gasteiger partial charge < -0.3 is 4.74 Å². The fourth-order valence-corrected chi connectivity index (χ4v) is 3.33. The van der Waals surface area contributed by atoms with Gasteiger partial charge in [0.25, 0.3) is 0 Å². The van der Waals surface area contributed by atoms with Gasteiger partial charge in [-0.25, -0.2) is 0 Å². The van der Waals surface area contributed by atoms with Crippen LogP contribution < -0.4 is 0 Å². The summed E-state index contributed by atoms with van der Waals surface area (Å²) in [6.45, 7) is 4.46. The molecule has 0 aromatic carbocycles. The Morgan fingerprint density at radius 1 is 1.00 bits per heavy atom. The molecule has 1 saturated heterocycles. The molecule has 1 saturated carbocycles. The van der Waals surface area contributed by atoms with Crippen LogP contribution in [0.25, 0.3) is 0 Å². The first-order chi connectivity index (χ1) is 5.70. The second-order valence-corrected chi connectivity index (χ2v) is 4.87. The molecule has 1 spiro atoms. The summed E-state index contributed by atoms with van der Waals surface area (Å²) in [6.07, 6.45) is 9.49. The molecule has 0 amide bonds. The second kappa shape index (κ2) is 3.02. The van der Waals surface area contributed by atoms with Gasteiger partial charge in [0.1, 0.15) is 0 Å². The summed E-state index contributed by atoms with van der Waals surface area (Å²) < 4.78 is 5.77. The van der Waals surface area contributed by atoms with Gasteiger partial charge in [0.2, 0.25) is 0 Å². The minimum atomic E-state index is 0.506. The van der Waals surface area contributed by atoms with E-state index in [1.165, 1.54) is 38.5 Å². The number of hydrogen-bond donors (Lipinski definition) is 0. The van der Waals surface area contributed by atoms with E-state index in [1.54, 1.807) is 0 Å². The predicted molar refractivity (Wildman–Crippen MR) is 50.1 cm³/mol. The van der Waals surface area contributed by atoms with Gasteiger partial charge in [0.15, 0.2) is 0 Å². The summed E-state index contributed by atoms with van der Waals surface area (Å²) in [5.74, 6) is 0. The van der Waals surface area contributed by atoms with E-state index in [4.69, 9.17) is 4.74 Å². The number of rotatable bonds is 0. The first-order valence-corrected chi connectivity index (χ1v) is 5.36. The van der Waals surface area contributed by atoms with Gasteiger partial charge in [-0.3, -0.25) is 0 Å². The van der Waals surface area contributed by atoms with E-state index in [0.717, 1.165) is 0 Å². The lowest BCUT2D eigenvalue weighted by Crippen LogP contribution is -2.36. The molecule has 0 radical (unpaired) electrons. The lowest BCUT2D eigenvalue weighted by Gasteiger charge is -2.40. The molecule has 1 aliphatic heterocycles. The second-order valence-electron chi connectivity index (χ2n) is 4.87. The molecule has 12 heavy (non-hydrogen) atoms. The molecule has 0 N–H and O–H groups in total. The van der Waals surface area contributed by atoms with Gasteiger partial charge in [-0.15, -0.1) is 0 Å². The molecule has 1 nitrogen and oxygen atoms in total. The highest BCUT2D eigenvalue weighted by Crippen LogP contribution is 2.48. The van der Waals surface area contributed by atoms with Crippen LogP contribution in [0.4, 0.5) is 0 Å². The molecule has 1 aliphatic carbocycles. The van der Waals surface area contributed by atoms with Crippen LogP contribution in [0, 0.1) is 5.41 Å². The van der Waals surface area contributed by atoms with Crippen LogP contribution in [0.3, 0.4) is 0 Å². The van der Waals surface area contributed by atoms with Crippen LogP contribution in [0.1, 0.15) is 52.4 Å². The highest BCUT2D eigenvalue weighted by Gasteiger charge is 2.40. The van der Waals surface area contributed by atoms with Gasteiger partial charge in [0.05, 0.1) is 12.2 Å². The third kappa shape index (κ3) is 1.52. The Bertz CT molecular complexity index is 146. The molecule has 0 bridgehead atoms. The quantitative estimate of drug-likeness (QED) is 0.540. The zero-order valence-corrected chi connectivity index (χ0v) is 8.31. The zero-order chi connectivity index (χ0) is 8.60. The lowest BCUT2D eigenvalue weighted by atomic mass is 9.75. The van der Waals surface area contributed by atoms with Gasteiger partial charge in [-0.1, -0.05) is 12.8 Å². The number of hydrogen-bond acceptors (Lipinski definition) is 1. The average molecular weight is 168 g/mol. The molecule has 2 aliphatic rings. The van der Waals surface area contributed by atoms with E-state index >= 15 is 0 Å². The summed E-state index contributed by atoms with van der Waals surface area (Å²) in [4.78, 5) is 0. The minimum absolute atomic E-state index is 0.506. The smallest absolute Gasteiger partial charge is 0.0555 e. The number of ether oxygens (including phenoxy) is 1. The maximum Gasteiger partial charge on any atom is 0.0555 e. The summed E-state index contributed by atoms with van der Waals surface area (Å²) >= 11 is 0. The summed E-state index contributed by atoms with van der Waals surface area (Å²) in [5, 5.41) is 0. The monoisotopic (exact) mass is 168 g/mol. The standard InChI is InChI=1S/C11H20O/c1-9-7-11(5-3-4-6-11)8-10(2)12-9/h9-10H,3-8H2,1-2H3. The molecule has 1 heterocycles. The van der Waals surface area contributed by atoms with E-state index in [0.29, 0.717) is 17.6 Å². The van der Waals surface area contributed by atoms with E-state index in [-0.39, 0.29) is 0 Å². The highest BCUT2D eigenvalue weighted by molar-refractivity contribution is 4.90.